The summed E-state index contributed by atoms with van der Waals surface area (Å²) in [6.45, 7) is 2.67. The van der Waals surface area contributed by atoms with E-state index in [0.717, 1.165) is 24.0 Å². The van der Waals surface area contributed by atoms with E-state index < -0.39 is 18.0 Å². The highest BCUT2D eigenvalue weighted by atomic mass is 16.5. The summed E-state index contributed by atoms with van der Waals surface area (Å²) in [5.41, 5.74) is 4.62. The summed E-state index contributed by atoms with van der Waals surface area (Å²) < 4.78 is 5.54. The monoisotopic (exact) mass is 450 g/mol. The molecule has 4 rings (SSSR count). The molecule has 0 saturated carbocycles. The van der Waals surface area contributed by atoms with Gasteiger partial charge >= 0.3 is 12.1 Å². The van der Waals surface area contributed by atoms with Crippen LogP contribution < -0.4 is 5.32 Å². The number of aliphatic carboxylic acids is 1. The van der Waals surface area contributed by atoms with Crippen molar-refractivity contribution >= 4 is 18.0 Å². The molecule has 1 saturated heterocycles. The lowest BCUT2D eigenvalue weighted by atomic mass is 9.97. The maximum absolute atomic E-state index is 12.9. The van der Waals surface area contributed by atoms with Crippen LogP contribution >= 0.6 is 0 Å². The first-order valence-corrected chi connectivity index (χ1v) is 11.6. The zero-order chi connectivity index (χ0) is 23.4. The Morgan fingerprint density at radius 3 is 2.33 bits per heavy atom. The molecule has 0 aromatic heterocycles. The van der Waals surface area contributed by atoms with Crippen LogP contribution in [0.4, 0.5) is 4.79 Å². The number of hydrogen-bond acceptors (Lipinski definition) is 4. The molecule has 0 bridgehead atoms. The Labute approximate surface area is 193 Å². The first-order valence-electron chi connectivity index (χ1n) is 11.6. The molecular weight excluding hydrogens is 420 g/mol. The third-order valence-corrected chi connectivity index (χ3v) is 6.64. The SMILES string of the molecule is CC(CNC(=O)OCC1c2ccccc2-c2ccccc21)C(=O)N1CCCC[C@H]1CC(=O)O. The number of rotatable bonds is 7. The fraction of sp³-hybridized carbons (Fsp3) is 0.423. The van der Waals surface area contributed by atoms with Gasteiger partial charge in [-0.2, -0.15) is 0 Å². The van der Waals surface area contributed by atoms with Crippen molar-refractivity contribution in [2.24, 2.45) is 5.92 Å². The smallest absolute Gasteiger partial charge is 0.407 e. The summed E-state index contributed by atoms with van der Waals surface area (Å²) in [5.74, 6) is -1.50. The molecule has 174 valence electrons. The molecule has 1 unspecified atom stereocenters. The van der Waals surface area contributed by atoms with Crippen molar-refractivity contribution in [3.8, 4) is 11.1 Å². The number of alkyl carbamates (subject to hydrolysis) is 1. The molecule has 1 fully saturated rings. The second-order valence-corrected chi connectivity index (χ2v) is 8.89. The molecular formula is C26H30N2O5. The van der Waals surface area contributed by atoms with Crippen LogP contribution in [0.25, 0.3) is 11.1 Å². The number of carboxylic acids is 1. The van der Waals surface area contributed by atoms with Crippen LogP contribution in [0, 0.1) is 5.92 Å². The lowest BCUT2D eigenvalue weighted by molar-refractivity contribution is -0.143. The quantitative estimate of drug-likeness (QED) is 0.664. The van der Waals surface area contributed by atoms with Crippen LogP contribution in [-0.4, -0.2) is 53.7 Å². The van der Waals surface area contributed by atoms with E-state index >= 15 is 0 Å². The van der Waals surface area contributed by atoms with E-state index in [1.54, 1.807) is 11.8 Å². The van der Waals surface area contributed by atoms with Gasteiger partial charge in [0.1, 0.15) is 6.61 Å². The standard InChI is InChI=1S/C26H30N2O5/c1-17(25(31)28-13-7-6-8-18(28)14-24(29)30)15-27-26(32)33-16-23-21-11-4-2-9-19(21)20-10-3-5-12-22(20)23/h2-5,9-12,17-18,23H,6-8,13-16H2,1H3,(H,27,32)(H,29,30)/t17?,18-/m0/s1. The fourth-order valence-corrected chi connectivity index (χ4v) is 4.96. The van der Waals surface area contributed by atoms with E-state index in [1.807, 2.05) is 24.3 Å². The maximum atomic E-state index is 12.9. The average molecular weight is 451 g/mol. The van der Waals surface area contributed by atoms with Gasteiger partial charge in [-0.1, -0.05) is 55.5 Å². The van der Waals surface area contributed by atoms with Crippen molar-refractivity contribution < 1.29 is 24.2 Å². The van der Waals surface area contributed by atoms with Gasteiger partial charge in [0.15, 0.2) is 0 Å². The molecule has 33 heavy (non-hydrogen) atoms. The number of likely N-dealkylation sites (tertiary alicyclic amines) is 1. The van der Waals surface area contributed by atoms with Crippen LogP contribution in [0.15, 0.2) is 48.5 Å². The third kappa shape index (κ3) is 5.02. The van der Waals surface area contributed by atoms with Gasteiger partial charge < -0.3 is 20.1 Å². The highest BCUT2D eigenvalue weighted by Crippen LogP contribution is 2.44. The Morgan fingerprint density at radius 2 is 1.70 bits per heavy atom. The molecule has 2 N–H and O–H groups in total. The van der Waals surface area contributed by atoms with Gasteiger partial charge in [-0.25, -0.2) is 4.79 Å². The number of carboxylic acid groups (broad SMARTS) is 1. The second-order valence-electron chi connectivity index (χ2n) is 8.89. The van der Waals surface area contributed by atoms with E-state index in [4.69, 9.17) is 9.84 Å². The lowest BCUT2D eigenvalue weighted by Gasteiger charge is -2.36. The largest absolute Gasteiger partial charge is 0.481 e. The molecule has 2 amide bonds. The Hall–Kier alpha value is -3.35. The topological polar surface area (TPSA) is 95.9 Å². The van der Waals surface area contributed by atoms with Gasteiger partial charge in [-0.05, 0) is 41.5 Å². The highest BCUT2D eigenvalue weighted by Gasteiger charge is 2.32. The van der Waals surface area contributed by atoms with Gasteiger partial charge in [0.05, 0.1) is 12.3 Å². The van der Waals surface area contributed by atoms with E-state index in [-0.39, 0.29) is 37.4 Å². The lowest BCUT2D eigenvalue weighted by Crippen LogP contribution is -2.48. The van der Waals surface area contributed by atoms with Crippen LogP contribution in [0.3, 0.4) is 0 Å². The molecule has 7 nitrogen and oxygen atoms in total. The van der Waals surface area contributed by atoms with Crippen LogP contribution in [-0.2, 0) is 14.3 Å². The van der Waals surface area contributed by atoms with E-state index in [9.17, 15) is 14.4 Å². The minimum atomic E-state index is -0.899. The van der Waals surface area contributed by atoms with Crippen LogP contribution in [0.1, 0.15) is 49.7 Å². The molecule has 1 aliphatic heterocycles. The van der Waals surface area contributed by atoms with Crippen molar-refractivity contribution in [2.75, 3.05) is 19.7 Å². The molecule has 7 heteroatoms. The van der Waals surface area contributed by atoms with E-state index in [0.29, 0.717) is 13.0 Å². The Kier molecular flexibility index (Phi) is 6.96. The molecule has 1 aliphatic carbocycles. The maximum Gasteiger partial charge on any atom is 0.407 e. The van der Waals surface area contributed by atoms with Crippen molar-refractivity contribution in [1.29, 1.82) is 0 Å². The molecule has 0 radical (unpaired) electrons. The molecule has 1 heterocycles. The van der Waals surface area contributed by atoms with E-state index in [2.05, 4.69) is 29.6 Å². The number of piperidine rings is 1. The van der Waals surface area contributed by atoms with Gasteiger partial charge in [0.2, 0.25) is 5.91 Å². The second kappa shape index (κ2) is 10.1. The Morgan fingerprint density at radius 1 is 1.06 bits per heavy atom. The fourth-order valence-electron chi connectivity index (χ4n) is 4.96. The predicted octanol–water partition coefficient (Wildman–Crippen LogP) is 4.02. The minimum absolute atomic E-state index is 0.0210. The minimum Gasteiger partial charge on any atom is -0.481 e. The number of carbonyl (C=O) groups excluding carboxylic acids is 2. The van der Waals surface area contributed by atoms with Crippen molar-refractivity contribution in [1.82, 2.24) is 10.2 Å². The zero-order valence-corrected chi connectivity index (χ0v) is 18.8. The number of amides is 2. The Bertz CT molecular complexity index is 991. The molecule has 0 spiro atoms. The number of benzene rings is 2. The molecule has 2 atom stereocenters. The van der Waals surface area contributed by atoms with Crippen molar-refractivity contribution in [3.63, 3.8) is 0 Å². The van der Waals surface area contributed by atoms with Gasteiger partial charge in [-0.3, -0.25) is 9.59 Å². The average Bonchev–Trinajstić information content (AvgIpc) is 3.14. The van der Waals surface area contributed by atoms with Crippen molar-refractivity contribution in [3.05, 3.63) is 59.7 Å². The summed E-state index contributed by atoms with van der Waals surface area (Å²) in [6, 6.07) is 16.0. The van der Waals surface area contributed by atoms with Gasteiger partial charge in [0, 0.05) is 25.0 Å². The Balaban J connectivity index is 1.31. The number of carbonyl (C=O) groups is 3. The first kappa shape index (κ1) is 22.8. The van der Waals surface area contributed by atoms with Gasteiger partial charge in [-0.15, -0.1) is 0 Å². The zero-order valence-electron chi connectivity index (χ0n) is 18.8. The number of fused-ring (bicyclic) bond motifs is 3. The molecule has 2 aliphatic rings. The molecule has 2 aromatic carbocycles. The van der Waals surface area contributed by atoms with Gasteiger partial charge in [0.25, 0.3) is 0 Å². The number of ether oxygens (including phenoxy) is 1. The van der Waals surface area contributed by atoms with Crippen LogP contribution in [0.5, 0.6) is 0 Å². The first-order chi connectivity index (χ1) is 16.0. The normalized spacial score (nSPS) is 18.2. The third-order valence-electron chi connectivity index (χ3n) is 6.64. The van der Waals surface area contributed by atoms with E-state index in [1.165, 1.54) is 11.1 Å². The highest BCUT2D eigenvalue weighted by molar-refractivity contribution is 5.81. The number of hydrogen-bond donors (Lipinski definition) is 2. The summed E-state index contributed by atoms with van der Waals surface area (Å²) in [6.07, 6.45) is 1.89. The number of nitrogens with zero attached hydrogens (tertiary/aromatic N) is 1. The summed E-state index contributed by atoms with van der Waals surface area (Å²) in [4.78, 5) is 38.1. The predicted molar refractivity (Wildman–Crippen MR) is 124 cm³/mol. The van der Waals surface area contributed by atoms with Crippen LogP contribution in [0.2, 0.25) is 0 Å². The summed E-state index contributed by atoms with van der Waals surface area (Å²) >= 11 is 0. The van der Waals surface area contributed by atoms with Crippen molar-refractivity contribution in [2.45, 2.75) is 44.6 Å². The number of nitrogens with one attached hydrogen (secondary N) is 1. The summed E-state index contributed by atoms with van der Waals surface area (Å²) in [7, 11) is 0. The summed E-state index contributed by atoms with van der Waals surface area (Å²) in [5, 5.41) is 11.8. The molecule has 2 aromatic rings.